The van der Waals surface area contributed by atoms with Gasteiger partial charge in [-0.25, -0.2) is 14.2 Å². The van der Waals surface area contributed by atoms with Crippen LogP contribution in [0.4, 0.5) is 10.1 Å². The van der Waals surface area contributed by atoms with Crippen LogP contribution in [-0.2, 0) is 17.8 Å². The number of rotatable bonds is 10. The van der Waals surface area contributed by atoms with Crippen LogP contribution in [0.3, 0.4) is 0 Å². The average Bonchev–Trinajstić information content (AvgIpc) is 3.23. The van der Waals surface area contributed by atoms with E-state index in [1.807, 2.05) is 13.0 Å². The third kappa shape index (κ3) is 6.68. The van der Waals surface area contributed by atoms with Crippen molar-refractivity contribution in [3.63, 3.8) is 0 Å². The van der Waals surface area contributed by atoms with Crippen molar-refractivity contribution in [1.82, 2.24) is 5.32 Å². The van der Waals surface area contributed by atoms with E-state index < -0.39 is 5.97 Å². The summed E-state index contributed by atoms with van der Waals surface area (Å²) in [4.78, 5) is 28.5. The number of ether oxygens (including phenoxy) is 2. The fraction of sp³-hybridized carbons (Fsp3) is 0.138. The van der Waals surface area contributed by atoms with Crippen molar-refractivity contribution in [2.75, 3.05) is 6.61 Å². The zero-order valence-corrected chi connectivity index (χ0v) is 21.4. The fourth-order valence-corrected chi connectivity index (χ4v) is 4.51. The third-order valence-corrected chi connectivity index (χ3v) is 6.32. The smallest absolute Gasteiger partial charge is 0.335 e. The number of carboxylic acids is 1. The van der Waals surface area contributed by atoms with E-state index in [1.165, 1.54) is 48.2 Å². The fourth-order valence-electron chi connectivity index (χ4n) is 3.66. The number of aliphatic imine (C=N–C) groups is 1. The molecule has 7 nitrogen and oxygen atoms in total. The van der Waals surface area contributed by atoms with Crippen LogP contribution in [-0.4, -0.2) is 28.8 Å². The van der Waals surface area contributed by atoms with Gasteiger partial charge in [0, 0.05) is 5.56 Å². The lowest BCUT2D eigenvalue weighted by molar-refractivity contribution is -0.115. The minimum Gasteiger partial charge on any atom is -0.490 e. The van der Waals surface area contributed by atoms with Gasteiger partial charge in [0.2, 0.25) is 0 Å². The van der Waals surface area contributed by atoms with Gasteiger partial charge < -0.3 is 19.9 Å². The lowest BCUT2D eigenvalue weighted by Gasteiger charge is -2.17. The SMILES string of the molecule is C=CCc1cc(/C=C2/SC(=Nc3ccc(F)cc3)NC2=O)cc(OCC)c1OCc1ccc(C(=O)O)cc1. The number of allylic oxidation sites excluding steroid dienone is 1. The Hall–Kier alpha value is -4.37. The van der Waals surface area contributed by atoms with E-state index in [0.29, 0.717) is 40.3 Å². The van der Waals surface area contributed by atoms with Crippen LogP contribution in [0, 0.1) is 5.82 Å². The Kier molecular flexibility index (Phi) is 8.60. The van der Waals surface area contributed by atoms with Crippen LogP contribution in [0.15, 0.2) is 83.2 Å². The van der Waals surface area contributed by atoms with E-state index in [9.17, 15) is 14.0 Å². The van der Waals surface area contributed by atoms with Crippen molar-refractivity contribution in [2.45, 2.75) is 20.0 Å². The zero-order valence-electron chi connectivity index (χ0n) is 20.6. The molecule has 0 radical (unpaired) electrons. The van der Waals surface area contributed by atoms with Gasteiger partial charge in [0.15, 0.2) is 16.7 Å². The Labute approximate surface area is 223 Å². The molecule has 194 valence electrons. The summed E-state index contributed by atoms with van der Waals surface area (Å²) in [5, 5.41) is 12.2. The molecule has 3 aromatic carbocycles. The number of amidine groups is 1. The van der Waals surface area contributed by atoms with Gasteiger partial charge in [-0.2, -0.15) is 0 Å². The van der Waals surface area contributed by atoms with Crippen molar-refractivity contribution >= 4 is 40.6 Å². The van der Waals surface area contributed by atoms with Gasteiger partial charge in [0.1, 0.15) is 12.4 Å². The minimum atomic E-state index is -0.989. The first-order chi connectivity index (χ1) is 18.4. The number of carbonyl (C=O) groups excluding carboxylic acids is 1. The Bertz CT molecular complexity index is 1420. The number of halogens is 1. The molecule has 0 aromatic heterocycles. The standard InChI is InChI=1S/C29H25FN2O5S/c1-3-5-21-14-19(16-25-27(33)32-29(38-25)31-23-12-10-22(30)11-13-23)15-24(36-4-2)26(21)37-17-18-6-8-20(9-7-18)28(34)35/h3,6-16H,1,4-5,17H2,2H3,(H,34,35)(H,31,32,33)/b25-16+. The first kappa shape index (κ1) is 26.7. The Morgan fingerprint density at radius 3 is 2.53 bits per heavy atom. The van der Waals surface area contributed by atoms with Crippen molar-refractivity contribution < 1.29 is 28.6 Å². The molecular weight excluding hydrogens is 507 g/mol. The number of nitrogens with zero attached hydrogens (tertiary/aromatic N) is 1. The molecule has 3 aromatic rings. The number of carboxylic acid groups (broad SMARTS) is 1. The summed E-state index contributed by atoms with van der Waals surface area (Å²) in [5.74, 6) is -0.564. The third-order valence-electron chi connectivity index (χ3n) is 5.41. The molecule has 0 spiro atoms. The van der Waals surface area contributed by atoms with Crippen LogP contribution >= 0.6 is 11.8 Å². The summed E-state index contributed by atoms with van der Waals surface area (Å²) >= 11 is 1.19. The van der Waals surface area contributed by atoms with Gasteiger partial charge in [-0.05, 0) is 90.8 Å². The molecule has 1 heterocycles. The lowest BCUT2D eigenvalue weighted by atomic mass is 10.0. The summed E-state index contributed by atoms with van der Waals surface area (Å²) in [5.41, 5.74) is 3.10. The molecule has 1 saturated heterocycles. The molecule has 0 saturated carbocycles. The average molecular weight is 533 g/mol. The number of benzene rings is 3. The predicted octanol–water partition coefficient (Wildman–Crippen LogP) is 6.12. The van der Waals surface area contributed by atoms with Crippen LogP contribution in [0.5, 0.6) is 11.5 Å². The van der Waals surface area contributed by atoms with Gasteiger partial charge in [0.05, 0.1) is 22.8 Å². The molecule has 9 heteroatoms. The minimum absolute atomic E-state index is 0.202. The highest BCUT2D eigenvalue weighted by Crippen LogP contribution is 2.37. The van der Waals surface area contributed by atoms with Crippen molar-refractivity contribution in [2.24, 2.45) is 4.99 Å². The molecule has 2 N–H and O–H groups in total. The first-order valence-corrected chi connectivity index (χ1v) is 12.6. The van der Waals surface area contributed by atoms with Crippen molar-refractivity contribution in [1.29, 1.82) is 0 Å². The monoisotopic (exact) mass is 532 g/mol. The lowest BCUT2D eigenvalue weighted by Crippen LogP contribution is -2.19. The maximum Gasteiger partial charge on any atom is 0.335 e. The van der Waals surface area contributed by atoms with E-state index in [4.69, 9.17) is 14.6 Å². The number of nitrogens with one attached hydrogen (secondary N) is 1. The number of hydrogen-bond donors (Lipinski definition) is 2. The Morgan fingerprint density at radius 1 is 1.13 bits per heavy atom. The summed E-state index contributed by atoms with van der Waals surface area (Å²) in [7, 11) is 0. The molecule has 0 atom stereocenters. The topological polar surface area (TPSA) is 97.2 Å². The zero-order chi connectivity index (χ0) is 27.1. The predicted molar refractivity (Wildman–Crippen MR) is 146 cm³/mol. The second-order valence-corrected chi connectivity index (χ2v) is 9.21. The Morgan fingerprint density at radius 2 is 1.87 bits per heavy atom. The van der Waals surface area contributed by atoms with E-state index in [1.54, 1.807) is 30.4 Å². The number of hydrogen-bond acceptors (Lipinski definition) is 6. The van der Waals surface area contributed by atoms with Gasteiger partial charge in [-0.15, -0.1) is 6.58 Å². The molecule has 38 heavy (non-hydrogen) atoms. The van der Waals surface area contributed by atoms with Crippen LogP contribution < -0.4 is 14.8 Å². The quantitative estimate of drug-likeness (QED) is 0.241. The summed E-state index contributed by atoms with van der Waals surface area (Å²) in [6.45, 7) is 6.33. The number of carbonyl (C=O) groups is 2. The molecule has 1 amide bonds. The van der Waals surface area contributed by atoms with Crippen LogP contribution in [0.1, 0.15) is 34.0 Å². The van der Waals surface area contributed by atoms with Crippen LogP contribution in [0.25, 0.3) is 6.08 Å². The molecule has 1 fully saturated rings. The maximum atomic E-state index is 13.2. The molecule has 1 aliphatic rings. The molecular formula is C29H25FN2O5S. The van der Waals surface area contributed by atoms with Gasteiger partial charge in [-0.3, -0.25) is 4.79 Å². The van der Waals surface area contributed by atoms with Gasteiger partial charge >= 0.3 is 5.97 Å². The molecule has 0 unspecified atom stereocenters. The number of thioether (sulfide) groups is 1. The first-order valence-electron chi connectivity index (χ1n) is 11.8. The summed E-state index contributed by atoms with van der Waals surface area (Å²) in [6, 6.07) is 15.9. The van der Waals surface area contributed by atoms with E-state index in [-0.39, 0.29) is 23.9 Å². The molecule has 0 aliphatic carbocycles. The molecule has 4 rings (SSSR count). The molecule has 0 bridgehead atoms. The largest absolute Gasteiger partial charge is 0.490 e. The summed E-state index contributed by atoms with van der Waals surface area (Å²) < 4.78 is 25.2. The Balaban J connectivity index is 1.59. The van der Waals surface area contributed by atoms with E-state index in [0.717, 1.165) is 16.7 Å². The number of aromatic carboxylic acids is 1. The highest BCUT2D eigenvalue weighted by atomic mass is 32.2. The highest BCUT2D eigenvalue weighted by molar-refractivity contribution is 8.18. The van der Waals surface area contributed by atoms with Gasteiger partial charge in [-0.1, -0.05) is 18.2 Å². The van der Waals surface area contributed by atoms with Crippen LogP contribution in [0.2, 0.25) is 0 Å². The van der Waals surface area contributed by atoms with Crippen molar-refractivity contribution in [3.05, 3.63) is 106 Å². The van der Waals surface area contributed by atoms with E-state index in [2.05, 4.69) is 16.9 Å². The second-order valence-electron chi connectivity index (χ2n) is 8.18. The van der Waals surface area contributed by atoms with Gasteiger partial charge in [0.25, 0.3) is 5.91 Å². The highest BCUT2D eigenvalue weighted by Gasteiger charge is 2.24. The maximum absolute atomic E-state index is 13.2. The molecule has 1 aliphatic heterocycles. The van der Waals surface area contributed by atoms with Crippen molar-refractivity contribution in [3.8, 4) is 11.5 Å². The normalized spacial score (nSPS) is 14.9. The second kappa shape index (κ2) is 12.2. The van der Waals surface area contributed by atoms with E-state index >= 15 is 0 Å². The summed E-state index contributed by atoms with van der Waals surface area (Å²) in [6.07, 6.45) is 4.00. The number of amides is 1.